The van der Waals surface area contributed by atoms with E-state index >= 15 is 0 Å². The first-order chi connectivity index (χ1) is 18.5. The largest absolute Gasteiger partial charge is 0.497 e. The van der Waals surface area contributed by atoms with E-state index in [4.69, 9.17) is 26.1 Å². The second kappa shape index (κ2) is 11.6. The van der Waals surface area contributed by atoms with Gasteiger partial charge in [-0.1, -0.05) is 49.4 Å². The molecule has 3 aliphatic rings. The van der Waals surface area contributed by atoms with E-state index in [1.807, 2.05) is 49.4 Å². The van der Waals surface area contributed by atoms with Crippen LogP contribution in [0.4, 0.5) is 4.79 Å². The maximum absolute atomic E-state index is 14.3. The summed E-state index contributed by atoms with van der Waals surface area (Å²) in [5.41, 5.74) is 1.70. The highest BCUT2D eigenvalue weighted by Gasteiger charge is 2.45. The normalized spacial score (nSPS) is 21.9. The first-order valence-corrected chi connectivity index (χ1v) is 13.9. The molecule has 38 heavy (non-hydrogen) atoms. The van der Waals surface area contributed by atoms with E-state index in [1.165, 1.54) is 25.7 Å². The van der Waals surface area contributed by atoms with Crippen molar-refractivity contribution in [3.8, 4) is 11.5 Å². The molecular weight excluding hydrogens is 504 g/mol. The number of methoxy groups -OCH3 is 1. The molecule has 1 N–H and O–H groups in total. The van der Waals surface area contributed by atoms with Crippen molar-refractivity contribution >= 4 is 29.4 Å². The van der Waals surface area contributed by atoms with Gasteiger partial charge in [-0.15, -0.1) is 0 Å². The lowest BCUT2D eigenvalue weighted by atomic mass is 9.90. The summed E-state index contributed by atoms with van der Waals surface area (Å²) in [6.45, 7) is 3.27. The van der Waals surface area contributed by atoms with Crippen LogP contribution >= 0.6 is 11.6 Å². The van der Waals surface area contributed by atoms with Crippen LogP contribution in [0.15, 0.2) is 47.5 Å². The highest BCUT2D eigenvalue weighted by molar-refractivity contribution is 6.30. The van der Waals surface area contributed by atoms with Crippen LogP contribution in [0.2, 0.25) is 5.02 Å². The minimum absolute atomic E-state index is 0.0180. The summed E-state index contributed by atoms with van der Waals surface area (Å²) in [5.74, 6) is 2.24. The van der Waals surface area contributed by atoms with Crippen molar-refractivity contribution in [1.82, 2.24) is 15.1 Å². The van der Waals surface area contributed by atoms with E-state index in [-0.39, 0.29) is 30.6 Å². The van der Waals surface area contributed by atoms with Gasteiger partial charge < -0.3 is 19.7 Å². The van der Waals surface area contributed by atoms with E-state index in [0.29, 0.717) is 48.0 Å². The van der Waals surface area contributed by atoms with E-state index in [1.54, 1.807) is 16.9 Å². The summed E-state index contributed by atoms with van der Waals surface area (Å²) in [6, 6.07) is 12.6. The number of urea groups is 1. The second-order valence-electron chi connectivity index (χ2n) is 10.1. The summed E-state index contributed by atoms with van der Waals surface area (Å²) in [7, 11) is 1.61. The van der Waals surface area contributed by atoms with Gasteiger partial charge >= 0.3 is 6.03 Å². The first kappa shape index (κ1) is 26.4. The molecule has 1 saturated carbocycles. The summed E-state index contributed by atoms with van der Waals surface area (Å²) < 4.78 is 11.5. The Kier molecular flexibility index (Phi) is 8.07. The number of piperazine rings is 1. The van der Waals surface area contributed by atoms with Gasteiger partial charge in [0.05, 0.1) is 31.4 Å². The van der Waals surface area contributed by atoms with Crippen molar-refractivity contribution in [2.75, 3.05) is 33.4 Å². The topological polar surface area (TPSA) is 83.5 Å². The highest BCUT2D eigenvalue weighted by atomic mass is 35.5. The van der Waals surface area contributed by atoms with E-state index in [2.05, 4.69) is 5.32 Å². The third kappa shape index (κ3) is 5.46. The van der Waals surface area contributed by atoms with Crippen LogP contribution in [-0.4, -0.2) is 67.0 Å². The van der Waals surface area contributed by atoms with Crippen molar-refractivity contribution in [2.45, 2.75) is 51.1 Å². The second-order valence-corrected chi connectivity index (χ2v) is 10.6. The molecule has 1 saturated heterocycles. The quantitative estimate of drug-likeness (QED) is 0.534. The Morgan fingerprint density at radius 2 is 1.92 bits per heavy atom. The molecule has 202 valence electrons. The molecule has 3 amide bonds. The number of halogens is 1. The van der Waals surface area contributed by atoms with Gasteiger partial charge in [0, 0.05) is 24.2 Å². The third-order valence-electron chi connectivity index (χ3n) is 7.66. The van der Waals surface area contributed by atoms with E-state index in [9.17, 15) is 9.59 Å². The predicted octanol–water partition coefficient (Wildman–Crippen LogP) is 5.05. The van der Waals surface area contributed by atoms with Crippen molar-refractivity contribution in [1.29, 1.82) is 0 Å². The van der Waals surface area contributed by atoms with Crippen LogP contribution in [0.5, 0.6) is 11.5 Å². The zero-order valence-corrected chi connectivity index (χ0v) is 22.7. The zero-order valence-electron chi connectivity index (χ0n) is 22.0. The SMILES string of the molecule is CCOc1cc(OC)ccc1C1=NC(CC2CCCC2)C(c2ccc(Cl)cc2)N1C(=O)N1CCNC(=O)C1. The molecule has 2 heterocycles. The number of amidine groups is 1. The number of benzene rings is 2. The number of nitrogens with zero attached hydrogens (tertiary/aromatic N) is 3. The Morgan fingerprint density at radius 1 is 1.16 bits per heavy atom. The van der Waals surface area contributed by atoms with Crippen molar-refractivity contribution < 1.29 is 19.1 Å². The van der Waals surface area contributed by atoms with Gasteiger partial charge in [0.15, 0.2) is 0 Å². The van der Waals surface area contributed by atoms with Crippen LogP contribution in [0.1, 0.15) is 56.2 Å². The molecule has 2 fully saturated rings. The van der Waals surface area contributed by atoms with Crippen LogP contribution < -0.4 is 14.8 Å². The van der Waals surface area contributed by atoms with Crippen molar-refractivity contribution in [2.24, 2.45) is 10.9 Å². The van der Waals surface area contributed by atoms with Gasteiger partial charge in [-0.25, -0.2) is 4.79 Å². The number of hydrogen-bond donors (Lipinski definition) is 1. The standard InChI is InChI=1S/C29H35ClN4O4/c1-3-38-25-17-22(37-2)12-13-23(25)28-32-24(16-19-6-4-5-7-19)27(20-8-10-21(30)11-9-20)34(28)29(36)33-15-14-31-26(35)18-33/h8-13,17,19,24,27H,3-7,14-16,18H2,1-2H3,(H,31,35). The summed E-state index contributed by atoms with van der Waals surface area (Å²) >= 11 is 6.25. The number of amides is 3. The number of carbonyl (C=O) groups is 2. The number of ether oxygens (including phenoxy) is 2. The fraction of sp³-hybridized carbons (Fsp3) is 0.483. The Hall–Kier alpha value is -3.26. The van der Waals surface area contributed by atoms with Gasteiger partial charge in [0.2, 0.25) is 5.91 Å². The first-order valence-electron chi connectivity index (χ1n) is 13.5. The molecule has 2 aromatic carbocycles. The monoisotopic (exact) mass is 538 g/mol. The van der Waals surface area contributed by atoms with Crippen LogP contribution in [0.25, 0.3) is 0 Å². The maximum Gasteiger partial charge on any atom is 0.326 e. The van der Waals surface area contributed by atoms with Crippen LogP contribution in [0.3, 0.4) is 0 Å². The van der Waals surface area contributed by atoms with Crippen LogP contribution in [0, 0.1) is 5.92 Å². The van der Waals surface area contributed by atoms with Crippen molar-refractivity contribution in [3.05, 3.63) is 58.6 Å². The fourth-order valence-corrected chi connectivity index (χ4v) is 5.97. The maximum atomic E-state index is 14.3. The average molecular weight is 539 g/mol. The smallest absolute Gasteiger partial charge is 0.326 e. The fourth-order valence-electron chi connectivity index (χ4n) is 5.85. The Morgan fingerprint density at radius 3 is 2.61 bits per heavy atom. The molecule has 0 bridgehead atoms. The molecule has 2 aromatic rings. The van der Waals surface area contributed by atoms with Gasteiger partial charge in [0.25, 0.3) is 0 Å². The molecule has 1 aliphatic carbocycles. The Labute approximate surface area is 228 Å². The third-order valence-corrected chi connectivity index (χ3v) is 7.92. The molecule has 0 spiro atoms. The van der Waals surface area contributed by atoms with Gasteiger partial charge in [0.1, 0.15) is 23.9 Å². The molecule has 2 unspecified atom stereocenters. The molecule has 2 atom stereocenters. The number of rotatable bonds is 7. The highest BCUT2D eigenvalue weighted by Crippen LogP contribution is 2.42. The van der Waals surface area contributed by atoms with Gasteiger partial charge in [-0.3, -0.25) is 14.7 Å². The van der Waals surface area contributed by atoms with Gasteiger partial charge in [-0.2, -0.15) is 0 Å². The number of nitrogens with one attached hydrogen (secondary N) is 1. The predicted molar refractivity (Wildman–Crippen MR) is 147 cm³/mol. The minimum Gasteiger partial charge on any atom is -0.497 e. The van der Waals surface area contributed by atoms with E-state index in [0.717, 1.165) is 17.5 Å². The number of hydrogen-bond acceptors (Lipinski definition) is 5. The van der Waals surface area contributed by atoms with Crippen molar-refractivity contribution in [3.63, 3.8) is 0 Å². The Balaban J connectivity index is 1.62. The lowest BCUT2D eigenvalue weighted by Crippen LogP contribution is -2.55. The molecule has 9 heteroatoms. The minimum atomic E-state index is -0.322. The summed E-state index contributed by atoms with van der Waals surface area (Å²) in [4.78, 5) is 35.1. The molecule has 8 nitrogen and oxygen atoms in total. The summed E-state index contributed by atoms with van der Waals surface area (Å²) in [6.07, 6.45) is 5.72. The molecule has 0 aromatic heterocycles. The molecular formula is C29H35ClN4O4. The van der Waals surface area contributed by atoms with E-state index < -0.39 is 0 Å². The molecule has 0 radical (unpaired) electrons. The molecule has 5 rings (SSSR count). The summed E-state index contributed by atoms with van der Waals surface area (Å²) in [5, 5.41) is 3.45. The van der Waals surface area contributed by atoms with Gasteiger partial charge in [-0.05, 0) is 49.1 Å². The number of aliphatic imine (C=N–C) groups is 1. The lowest BCUT2D eigenvalue weighted by Gasteiger charge is -2.36. The average Bonchev–Trinajstić information content (AvgIpc) is 3.57. The lowest BCUT2D eigenvalue weighted by molar-refractivity contribution is -0.123. The molecule has 2 aliphatic heterocycles. The van der Waals surface area contributed by atoms with Crippen LogP contribution in [-0.2, 0) is 4.79 Å². The Bertz CT molecular complexity index is 1200. The number of carbonyl (C=O) groups excluding carboxylic acids is 2. The zero-order chi connectivity index (χ0) is 26.6.